The van der Waals surface area contributed by atoms with E-state index in [9.17, 15) is 9.59 Å². The number of aromatic nitrogens is 3. The fourth-order valence-corrected chi connectivity index (χ4v) is 3.06. The van der Waals surface area contributed by atoms with Crippen LogP contribution >= 0.6 is 0 Å². The maximum atomic E-state index is 12.8. The Bertz CT molecular complexity index is 793. The number of amides is 1. The van der Waals surface area contributed by atoms with Crippen LogP contribution in [0.5, 0.6) is 0 Å². The van der Waals surface area contributed by atoms with Crippen molar-refractivity contribution in [3.05, 3.63) is 51.7 Å². The van der Waals surface area contributed by atoms with Crippen molar-refractivity contribution in [1.82, 2.24) is 19.2 Å². The molecule has 0 saturated carbocycles. The highest BCUT2D eigenvalue weighted by Crippen LogP contribution is 2.27. The third kappa shape index (κ3) is 2.79. The van der Waals surface area contributed by atoms with E-state index in [2.05, 4.69) is 5.10 Å². The molecule has 1 aliphatic heterocycles. The van der Waals surface area contributed by atoms with Gasteiger partial charge in [0.15, 0.2) is 0 Å². The van der Waals surface area contributed by atoms with Crippen molar-refractivity contribution in [3.8, 4) is 0 Å². The minimum Gasteiger partial charge on any atom is -0.384 e. The topological polar surface area (TPSA) is 69.4 Å². The van der Waals surface area contributed by atoms with Gasteiger partial charge in [0.2, 0.25) is 0 Å². The summed E-state index contributed by atoms with van der Waals surface area (Å²) in [7, 11) is 5.14. The molecule has 0 saturated heterocycles. The first-order chi connectivity index (χ1) is 11.0. The Morgan fingerprint density at radius 1 is 1.43 bits per heavy atom. The summed E-state index contributed by atoms with van der Waals surface area (Å²) in [5.74, 6) is -0.233. The third-order valence-electron chi connectivity index (χ3n) is 4.13. The molecule has 0 spiro atoms. The van der Waals surface area contributed by atoms with Gasteiger partial charge in [-0.2, -0.15) is 5.10 Å². The first kappa shape index (κ1) is 15.5. The highest BCUT2D eigenvalue weighted by atomic mass is 16.5. The number of hydrogen-bond acceptors (Lipinski definition) is 4. The Labute approximate surface area is 134 Å². The number of nitrogens with zero attached hydrogens (tertiary/aromatic N) is 4. The van der Waals surface area contributed by atoms with Gasteiger partial charge in [-0.1, -0.05) is 0 Å². The molecule has 3 rings (SSSR count). The van der Waals surface area contributed by atoms with Crippen LogP contribution in [0.3, 0.4) is 0 Å². The number of rotatable bonds is 3. The number of hydrogen-bond donors (Lipinski definition) is 0. The summed E-state index contributed by atoms with van der Waals surface area (Å²) in [6.45, 7) is 1.44. The molecule has 122 valence electrons. The zero-order valence-corrected chi connectivity index (χ0v) is 13.5. The molecule has 7 nitrogen and oxygen atoms in total. The summed E-state index contributed by atoms with van der Waals surface area (Å²) in [5.41, 5.74) is 1.89. The van der Waals surface area contributed by atoms with Gasteiger partial charge in [0, 0.05) is 58.2 Å². The normalized spacial score (nSPS) is 17.2. The van der Waals surface area contributed by atoms with Crippen LogP contribution in [0.25, 0.3) is 0 Å². The van der Waals surface area contributed by atoms with Crippen LogP contribution in [0.1, 0.15) is 27.5 Å². The van der Waals surface area contributed by atoms with E-state index in [1.165, 1.54) is 4.57 Å². The lowest BCUT2D eigenvalue weighted by Gasteiger charge is -2.31. The summed E-state index contributed by atoms with van der Waals surface area (Å²) >= 11 is 0. The highest BCUT2D eigenvalue weighted by molar-refractivity contribution is 5.94. The van der Waals surface area contributed by atoms with Crippen LogP contribution in [-0.2, 0) is 25.4 Å². The van der Waals surface area contributed by atoms with Crippen LogP contribution in [-0.4, -0.2) is 45.4 Å². The minimum absolute atomic E-state index is 0.0152. The molecule has 0 bridgehead atoms. The Morgan fingerprint density at radius 3 is 2.96 bits per heavy atom. The lowest BCUT2D eigenvalue weighted by Crippen LogP contribution is -2.41. The van der Waals surface area contributed by atoms with Crippen LogP contribution < -0.4 is 5.56 Å². The molecular weight excluding hydrogens is 296 g/mol. The average molecular weight is 316 g/mol. The average Bonchev–Trinajstić information content (AvgIpc) is 2.90. The van der Waals surface area contributed by atoms with E-state index in [0.29, 0.717) is 19.7 Å². The molecule has 1 unspecified atom stereocenters. The van der Waals surface area contributed by atoms with E-state index in [-0.39, 0.29) is 22.9 Å². The molecule has 0 aliphatic carbocycles. The molecule has 0 fully saturated rings. The van der Waals surface area contributed by atoms with Crippen LogP contribution in [0, 0.1) is 0 Å². The van der Waals surface area contributed by atoms with E-state index in [0.717, 1.165) is 11.3 Å². The third-order valence-corrected chi connectivity index (χ3v) is 4.13. The van der Waals surface area contributed by atoms with Gasteiger partial charge in [-0.05, 0) is 12.1 Å². The predicted molar refractivity (Wildman–Crippen MR) is 84.2 cm³/mol. The van der Waals surface area contributed by atoms with E-state index < -0.39 is 0 Å². The maximum absolute atomic E-state index is 12.8. The zero-order valence-electron chi connectivity index (χ0n) is 13.5. The van der Waals surface area contributed by atoms with E-state index in [1.54, 1.807) is 42.1 Å². The van der Waals surface area contributed by atoms with Crippen molar-refractivity contribution in [2.45, 2.75) is 12.5 Å². The van der Waals surface area contributed by atoms with Gasteiger partial charge in [-0.15, -0.1) is 0 Å². The SMILES string of the molecule is COCC1CN(C(=O)c2cccn(C)c2=O)Cc2cn(C)nc21. The number of aryl methyl sites for hydroxylation is 2. The van der Waals surface area contributed by atoms with Crippen molar-refractivity contribution < 1.29 is 9.53 Å². The fourth-order valence-electron chi connectivity index (χ4n) is 3.06. The second kappa shape index (κ2) is 6.00. The van der Waals surface area contributed by atoms with Crippen molar-refractivity contribution in [2.24, 2.45) is 14.1 Å². The first-order valence-corrected chi connectivity index (χ1v) is 7.47. The van der Waals surface area contributed by atoms with Crippen molar-refractivity contribution in [1.29, 1.82) is 0 Å². The van der Waals surface area contributed by atoms with Crippen LogP contribution in [0.2, 0.25) is 0 Å². The quantitative estimate of drug-likeness (QED) is 0.827. The largest absolute Gasteiger partial charge is 0.384 e. The van der Waals surface area contributed by atoms with Crippen LogP contribution in [0.4, 0.5) is 0 Å². The summed E-state index contributed by atoms with van der Waals surface area (Å²) in [6.07, 6.45) is 3.56. The van der Waals surface area contributed by atoms with Gasteiger partial charge in [-0.3, -0.25) is 14.3 Å². The lowest BCUT2D eigenvalue weighted by atomic mass is 9.97. The van der Waals surface area contributed by atoms with E-state index in [4.69, 9.17) is 4.74 Å². The number of carbonyl (C=O) groups is 1. The molecular formula is C16H20N4O3. The predicted octanol–water partition coefficient (Wildman–Crippen LogP) is 0.505. The molecule has 0 aromatic carbocycles. The van der Waals surface area contributed by atoms with Crippen molar-refractivity contribution in [3.63, 3.8) is 0 Å². The highest BCUT2D eigenvalue weighted by Gasteiger charge is 2.32. The molecule has 1 aliphatic rings. The Kier molecular flexibility index (Phi) is 4.04. The summed E-state index contributed by atoms with van der Waals surface area (Å²) in [5, 5.41) is 4.48. The number of ether oxygens (including phenoxy) is 1. The lowest BCUT2D eigenvalue weighted by molar-refractivity contribution is 0.0676. The summed E-state index contributed by atoms with van der Waals surface area (Å²) < 4.78 is 8.44. The zero-order chi connectivity index (χ0) is 16.6. The molecule has 0 radical (unpaired) electrons. The van der Waals surface area contributed by atoms with Gasteiger partial charge >= 0.3 is 0 Å². The number of fused-ring (bicyclic) bond motifs is 1. The molecule has 1 atom stereocenters. The van der Waals surface area contributed by atoms with Gasteiger partial charge in [0.05, 0.1) is 12.3 Å². The van der Waals surface area contributed by atoms with Gasteiger partial charge in [0.1, 0.15) is 5.56 Å². The molecule has 7 heteroatoms. The van der Waals surface area contributed by atoms with Crippen molar-refractivity contribution in [2.75, 3.05) is 20.3 Å². The molecule has 23 heavy (non-hydrogen) atoms. The Morgan fingerprint density at radius 2 is 2.22 bits per heavy atom. The van der Waals surface area contributed by atoms with Gasteiger partial charge < -0.3 is 14.2 Å². The monoisotopic (exact) mass is 316 g/mol. The summed E-state index contributed by atoms with van der Waals surface area (Å²) in [4.78, 5) is 26.7. The number of carbonyl (C=O) groups excluding carboxylic acids is 1. The van der Waals surface area contributed by atoms with Crippen LogP contribution in [0.15, 0.2) is 29.3 Å². The van der Waals surface area contributed by atoms with Crippen molar-refractivity contribution >= 4 is 5.91 Å². The molecule has 0 N–H and O–H groups in total. The fraction of sp³-hybridized carbons (Fsp3) is 0.438. The van der Waals surface area contributed by atoms with E-state index in [1.807, 2.05) is 13.2 Å². The summed E-state index contributed by atoms with van der Waals surface area (Å²) in [6, 6.07) is 3.29. The number of methoxy groups -OCH3 is 1. The molecule has 2 aromatic rings. The first-order valence-electron chi connectivity index (χ1n) is 7.47. The maximum Gasteiger partial charge on any atom is 0.263 e. The number of pyridine rings is 1. The smallest absolute Gasteiger partial charge is 0.263 e. The van der Waals surface area contributed by atoms with Gasteiger partial charge in [0.25, 0.3) is 11.5 Å². The Hall–Kier alpha value is -2.41. The second-order valence-electron chi connectivity index (χ2n) is 5.89. The van der Waals surface area contributed by atoms with Gasteiger partial charge in [-0.25, -0.2) is 0 Å². The molecule has 3 heterocycles. The molecule has 2 aromatic heterocycles. The standard InChI is InChI=1S/C16H20N4O3/c1-18-6-4-5-13(15(18)21)16(22)20-8-11-7-19(2)17-14(11)12(9-20)10-23-3/h4-7,12H,8-10H2,1-3H3. The second-order valence-corrected chi connectivity index (χ2v) is 5.89. The molecule has 1 amide bonds. The Balaban J connectivity index is 1.93. The minimum atomic E-state index is -0.280. The van der Waals surface area contributed by atoms with E-state index >= 15 is 0 Å².